The van der Waals surface area contributed by atoms with E-state index in [0.29, 0.717) is 5.75 Å². The second-order valence-electron chi connectivity index (χ2n) is 5.25. The number of carbonyl (C=O) groups excluding carboxylic acids is 2. The van der Waals surface area contributed by atoms with Gasteiger partial charge in [0.25, 0.3) is 0 Å². The Bertz CT molecular complexity index is 452. The lowest BCUT2D eigenvalue weighted by atomic mass is 9.96. The molecule has 0 radical (unpaired) electrons. The molecule has 0 saturated heterocycles. The van der Waals surface area contributed by atoms with Gasteiger partial charge >= 0.3 is 11.9 Å². The molecule has 0 spiro atoms. The van der Waals surface area contributed by atoms with Gasteiger partial charge in [-0.05, 0) is 38.3 Å². The van der Waals surface area contributed by atoms with Crippen LogP contribution in [0.5, 0.6) is 0 Å². The van der Waals surface area contributed by atoms with E-state index in [1.54, 1.807) is 13.8 Å². The Morgan fingerprint density at radius 3 is 2.35 bits per heavy atom. The zero-order chi connectivity index (χ0) is 17.1. The van der Waals surface area contributed by atoms with Crippen LogP contribution in [0.15, 0.2) is 10.6 Å². The monoisotopic (exact) mass is 341 g/mol. The van der Waals surface area contributed by atoms with Crippen LogP contribution in [-0.4, -0.2) is 48.1 Å². The Morgan fingerprint density at radius 2 is 1.78 bits per heavy atom. The quantitative estimate of drug-likeness (QED) is 0.385. The number of hydrogen-bond acceptors (Lipinski definition) is 6. The van der Waals surface area contributed by atoms with Crippen LogP contribution in [0.2, 0.25) is 0 Å². The van der Waals surface area contributed by atoms with Gasteiger partial charge in [0, 0.05) is 0 Å². The fraction of sp³-hybridized carbons (Fsp3) is 0.765. The molecule has 0 bridgehead atoms. The Hall–Kier alpha value is -1.26. The molecule has 1 unspecified atom stereocenters. The highest BCUT2D eigenvalue weighted by atomic mass is 32.2. The van der Waals surface area contributed by atoms with Crippen molar-refractivity contribution in [2.24, 2.45) is 4.99 Å². The van der Waals surface area contributed by atoms with E-state index in [1.807, 2.05) is 6.92 Å². The first-order chi connectivity index (χ1) is 11.1. The number of carbonyl (C=O) groups is 2. The van der Waals surface area contributed by atoms with Gasteiger partial charge in [-0.1, -0.05) is 26.2 Å². The summed E-state index contributed by atoms with van der Waals surface area (Å²) in [6.45, 7) is 5.93. The minimum absolute atomic E-state index is 0.169. The Labute approximate surface area is 142 Å². The van der Waals surface area contributed by atoms with Gasteiger partial charge in [-0.15, -0.1) is 11.8 Å². The predicted octanol–water partition coefficient (Wildman–Crippen LogP) is 3.16. The first-order valence-corrected chi connectivity index (χ1v) is 9.46. The maximum absolute atomic E-state index is 12.2. The van der Waals surface area contributed by atoms with Crippen molar-refractivity contribution in [1.82, 2.24) is 0 Å². The Morgan fingerprint density at radius 1 is 1.13 bits per heavy atom. The molecule has 1 aliphatic rings. The fourth-order valence-electron chi connectivity index (χ4n) is 2.44. The molecule has 0 aromatic carbocycles. The number of thioether (sulfide) groups is 1. The predicted molar refractivity (Wildman–Crippen MR) is 93.0 cm³/mol. The van der Waals surface area contributed by atoms with Crippen LogP contribution < -0.4 is 0 Å². The van der Waals surface area contributed by atoms with Crippen LogP contribution in [0.3, 0.4) is 0 Å². The third-order valence-electron chi connectivity index (χ3n) is 3.53. The van der Waals surface area contributed by atoms with Crippen molar-refractivity contribution in [2.75, 3.05) is 19.0 Å². The summed E-state index contributed by atoms with van der Waals surface area (Å²) in [5.41, 5.74) is 0.169. The zero-order valence-corrected chi connectivity index (χ0v) is 15.1. The smallest absolute Gasteiger partial charge is 0.345 e. The molecular formula is C17H27NO4S. The minimum atomic E-state index is -0.730. The molecule has 5 nitrogen and oxygen atoms in total. The van der Waals surface area contributed by atoms with Gasteiger partial charge in [0.15, 0.2) is 0 Å². The summed E-state index contributed by atoms with van der Waals surface area (Å²) in [5.74, 6) is 2.55. The summed E-state index contributed by atoms with van der Waals surface area (Å²) in [7, 11) is 0. The van der Waals surface area contributed by atoms with Crippen LogP contribution in [0.4, 0.5) is 0 Å². The van der Waals surface area contributed by atoms with Gasteiger partial charge in [-0.25, -0.2) is 9.79 Å². The summed E-state index contributed by atoms with van der Waals surface area (Å²) in [6.07, 6.45) is 5.55. The van der Waals surface area contributed by atoms with Gasteiger partial charge in [-0.2, -0.15) is 0 Å². The lowest BCUT2D eigenvalue weighted by Gasteiger charge is -2.17. The summed E-state index contributed by atoms with van der Waals surface area (Å²) < 4.78 is 10.2. The number of hydrogen-bond donors (Lipinski definition) is 0. The molecule has 1 aliphatic carbocycles. The molecule has 0 heterocycles. The SMILES string of the molecule is CCOC(=O)C(=C=NC1CCCCC1)C(SCC)C(=O)OCC. The van der Waals surface area contributed by atoms with Gasteiger partial charge in [0.1, 0.15) is 10.8 Å². The van der Waals surface area contributed by atoms with Crippen molar-refractivity contribution >= 4 is 29.6 Å². The molecule has 0 aliphatic heterocycles. The molecule has 6 heteroatoms. The maximum Gasteiger partial charge on any atom is 0.345 e. The lowest BCUT2D eigenvalue weighted by molar-refractivity contribution is -0.145. The fourth-order valence-corrected chi connectivity index (χ4v) is 3.30. The third kappa shape index (κ3) is 6.80. The van der Waals surface area contributed by atoms with Crippen molar-refractivity contribution in [3.8, 4) is 0 Å². The minimum Gasteiger partial charge on any atom is -0.465 e. The van der Waals surface area contributed by atoms with E-state index in [2.05, 4.69) is 10.9 Å². The van der Waals surface area contributed by atoms with Crippen molar-refractivity contribution in [3.63, 3.8) is 0 Å². The average molecular weight is 341 g/mol. The molecular weight excluding hydrogens is 314 g/mol. The van der Waals surface area contributed by atoms with E-state index in [0.717, 1.165) is 25.7 Å². The van der Waals surface area contributed by atoms with Crippen molar-refractivity contribution in [2.45, 2.75) is 64.2 Å². The van der Waals surface area contributed by atoms with Crippen molar-refractivity contribution in [3.05, 3.63) is 5.57 Å². The van der Waals surface area contributed by atoms with Crippen LogP contribution in [-0.2, 0) is 19.1 Å². The van der Waals surface area contributed by atoms with Crippen molar-refractivity contribution < 1.29 is 19.1 Å². The van der Waals surface area contributed by atoms with E-state index < -0.39 is 17.2 Å². The molecule has 1 saturated carbocycles. The molecule has 1 fully saturated rings. The third-order valence-corrected chi connectivity index (χ3v) is 4.63. The number of ether oxygens (including phenoxy) is 2. The van der Waals surface area contributed by atoms with Crippen LogP contribution in [0.1, 0.15) is 52.9 Å². The van der Waals surface area contributed by atoms with Crippen LogP contribution in [0.25, 0.3) is 0 Å². The number of rotatable bonds is 8. The number of esters is 2. The molecule has 0 aromatic heterocycles. The first-order valence-electron chi connectivity index (χ1n) is 8.42. The highest BCUT2D eigenvalue weighted by Gasteiger charge is 2.30. The van der Waals surface area contributed by atoms with E-state index in [1.165, 1.54) is 18.2 Å². The standard InChI is InChI=1S/C17H27NO4S/c1-4-21-16(19)14(12-18-13-10-8-7-9-11-13)15(23-6-3)17(20)22-5-2/h13,15H,4-11H2,1-3H3. The highest BCUT2D eigenvalue weighted by Crippen LogP contribution is 2.22. The van der Waals surface area contributed by atoms with E-state index >= 15 is 0 Å². The summed E-state index contributed by atoms with van der Waals surface area (Å²) in [4.78, 5) is 28.8. The molecule has 0 N–H and O–H groups in total. The Kier molecular flexibility index (Phi) is 9.72. The van der Waals surface area contributed by atoms with E-state index in [-0.39, 0.29) is 24.8 Å². The normalized spacial score (nSPS) is 16.1. The topological polar surface area (TPSA) is 65.0 Å². The van der Waals surface area contributed by atoms with Gasteiger partial charge < -0.3 is 9.47 Å². The zero-order valence-electron chi connectivity index (χ0n) is 14.3. The maximum atomic E-state index is 12.2. The van der Waals surface area contributed by atoms with Gasteiger partial charge in [-0.3, -0.25) is 4.79 Å². The molecule has 23 heavy (non-hydrogen) atoms. The first kappa shape index (κ1) is 19.8. The summed E-state index contributed by atoms with van der Waals surface area (Å²) in [5, 5.41) is -0.730. The Balaban J connectivity index is 3.06. The molecule has 0 amide bonds. The van der Waals surface area contributed by atoms with E-state index in [9.17, 15) is 9.59 Å². The molecule has 130 valence electrons. The average Bonchev–Trinajstić information content (AvgIpc) is 2.55. The van der Waals surface area contributed by atoms with Gasteiger partial charge in [0.05, 0.1) is 19.3 Å². The molecule has 0 aromatic rings. The number of nitrogens with zero attached hydrogens (tertiary/aromatic N) is 1. The van der Waals surface area contributed by atoms with Crippen LogP contribution in [0, 0.1) is 0 Å². The van der Waals surface area contributed by atoms with Gasteiger partial charge in [0.2, 0.25) is 0 Å². The summed E-state index contributed by atoms with van der Waals surface area (Å²) >= 11 is 1.34. The second-order valence-corrected chi connectivity index (χ2v) is 6.64. The molecule has 1 atom stereocenters. The largest absolute Gasteiger partial charge is 0.465 e. The molecule has 1 rings (SSSR count). The van der Waals surface area contributed by atoms with Crippen molar-refractivity contribution in [1.29, 1.82) is 0 Å². The van der Waals surface area contributed by atoms with Crippen LogP contribution >= 0.6 is 11.8 Å². The highest BCUT2D eigenvalue weighted by molar-refractivity contribution is 8.00. The summed E-state index contributed by atoms with van der Waals surface area (Å²) in [6, 6.07) is 0.183. The second kappa shape index (κ2) is 11.3. The lowest BCUT2D eigenvalue weighted by Crippen LogP contribution is -2.28. The van der Waals surface area contributed by atoms with E-state index in [4.69, 9.17) is 9.47 Å². The number of aliphatic imine (C=N–C) groups is 1.